The molecule has 20 heavy (non-hydrogen) atoms. The van der Waals surface area contributed by atoms with Crippen LogP contribution in [-0.4, -0.2) is 37.2 Å². The Morgan fingerprint density at radius 3 is 2.80 bits per heavy atom. The maximum atomic E-state index is 11.5. The average molecular weight is 294 g/mol. The molecule has 0 aliphatic heterocycles. The molecule has 0 heterocycles. The molecule has 0 radical (unpaired) electrons. The quantitative estimate of drug-likeness (QED) is 0.590. The van der Waals surface area contributed by atoms with Crippen LogP contribution in [0, 0.1) is 0 Å². The average Bonchev–Trinajstić information content (AvgIpc) is 2.43. The Morgan fingerprint density at radius 1 is 1.40 bits per heavy atom. The molecule has 1 aromatic carbocycles. The molecular weight excluding hydrogens is 268 g/mol. The van der Waals surface area contributed by atoms with E-state index in [2.05, 4.69) is 43.4 Å². The van der Waals surface area contributed by atoms with E-state index in [9.17, 15) is 4.79 Å². The van der Waals surface area contributed by atoms with Gasteiger partial charge in [-0.1, -0.05) is 19.1 Å². The van der Waals surface area contributed by atoms with Crippen molar-refractivity contribution in [3.63, 3.8) is 0 Å². The van der Waals surface area contributed by atoms with E-state index in [0.717, 1.165) is 18.7 Å². The predicted molar refractivity (Wildman–Crippen MR) is 87.2 cm³/mol. The van der Waals surface area contributed by atoms with E-state index in [4.69, 9.17) is 0 Å². The second kappa shape index (κ2) is 9.03. The highest BCUT2D eigenvalue weighted by molar-refractivity contribution is 7.99. The van der Waals surface area contributed by atoms with Crippen LogP contribution in [0.4, 0.5) is 0 Å². The summed E-state index contributed by atoms with van der Waals surface area (Å²) in [4.78, 5) is 14.4. The Balaban J connectivity index is 2.41. The number of hydrogen-bond acceptors (Lipinski definition) is 3. The zero-order valence-electron chi connectivity index (χ0n) is 13.0. The maximum absolute atomic E-state index is 11.5. The van der Waals surface area contributed by atoms with Crippen molar-refractivity contribution in [1.82, 2.24) is 10.2 Å². The summed E-state index contributed by atoms with van der Waals surface area (Å²) in [6.45, 7) is 5.28. The molecule has 1 amide bonds. The van der Waals surface area contributed by atoms with Gasteiger partial charge in [0.15, 0.2) is 0 Å². The lowest BCUT2D eigenvalue weighted by Crippen LogP contribution is -2.21. The van der Waals surface area contributed by atoms with Gasteiger partial charge in [-0.15, -0.1) is 11.8 Å². The van der Waals surface area contributed by atoms with Crippen molar-refractivity contribution in [1.29, 1.82) is 0 Å². The molecule has 0 fully saturated rings. The van der Waals surface area contributed by atoms with Crippen LogP contribution in [0.15, 0.2) is 29.2 Å². The van der Waals surface area contributed by atoms with Gasteiger partial charge >= 0.3 is 0 Å². The van der Waals surface area contributed by atoms with Crippen molar-refractivity contribution in [3.8, 4) is 0 Å². The first kappa shape index (κ1) is 17.1. The van der Waals surface area contributed by atoms with E-state index in [1.54, 1.807) is 19.0 Å². The number of nitrogens with zero attached hydrogens (tertiary/aromatic N) is 1. The molecule has 0 saturated carbocycles. The number of rotatable bonds is 8. The highest BCUT2D eigenvalue weighted by atomic mass is 32.2. The third-order valence-corrected chi connectivity index (χ3v) is 4.25. The number of hydrogen-bond donors (Lipinski definition) is 1. The molecule has 4 heteroatoms. The number of carbonyl (C=O) groups excluding carboxylic acids is 1. The first-order valence-corrected chi connectivity index (χ1v) is 8.19. The first-order chi connectivity index (χ1) is 9.54. The Hall–Kier alpha value is -1.00. The highest BCUT2D eigenvalue weighted by Crippen LogP contribution is 2.23. The van der Waals surface area contributed by atoms with Crippen LogP contribution in [0.1, 0.15) is 38.3 Å². The fraction of sp³-hybridized carbons (Fsp3) is 0.562. The third kappa shape index (κ3) is 5.97. The summed E-state index contributed by atoms with van der Waals surface area (Å²) in [5, 5.41) is 3.42. The monoisotopic (exact) mass is 294 g/mol. The second-order valence-corrected chi connectivity index (χ2v) is 6.26. The Labute approximate surface area is 127 Å². The lowest BCUT2D eigenvalue weighted by atomic mass is 10.1. The van der Waals surface area contributed by atoms with Gasteiger partial charge < -0.3 is 10.2 Å². The van der Waals surface area contributed by atoms with Crippen LogP contribution in [-0.2, 0) is 4.79 Å². The fourth-order valence-corrected chi connectivity index (χ4v) is 2.85. The summed E-state index contributed by atoms with van der Waals surface area (Å²) in [6, 6.07) is 9.03. The molecule has 0 aromatic heterocycles. The van der Waals surface area contributed by atoms with Crippen molar-refractivity contribution in [2.75, 3.05) is 26.4 Å². The minimum absolute atomic E-state index is 0.208. The van der Waals surface area contributed by atoms with Crippen LogP contribution < -0.4 is 5.32 Å². The first-order valence-electron chi connectivity index (χ1n) is 7.21. The zero-order chi connectivity index (χ0) is 15.0. The van der Waals surface area contributed by atoms with Crippen molar-refractivity contribution < 1.29 is 4.79 Å². The smallest absolute Gasteiger partial charge is 0.222 e. The van der Waals surface area contributed by atoms with Crippen LogP contribution >= 0.6 is 11.8 Å². The van der Waals surface area contributed by atoms with Crippen molar-refractivity contribution in [2.45, 2.75) is 37.6 Å². The van der Waals surface area contributed by atoms with Gasteiger partial charge in [-0.05, 0) is 43.3 Å². The Morgan fingerprint density at radius 2 is 2.15 bits per heavy atom. The summed E-state index contributed by atoms with van der Waals surface area (Å²) in [7, 11) is 3.61. The van der Waals surface area contributed by atoms with Crippen molar-refractivity contribution in [2.24, 2.45) is 0 Å². The SMILES string of the molecule is CCNC(C)c1cccc(SCCCC(=O)N(C)C)c1. The van der Waals surface area contributed by atoms with Crippen LogP contribution in [0.3, 0.4) is 0 Å². The molecular formula is C16H26N2OS. The predicted octanol–water partition coefficient (Wildman–Crippen LogP) is 3.32. The molecule has 112 valence electrons. The number of nitrogens with one attached hydrogen (secondary N) is 1. The fourth-order valence-electron chi connectivity index (χ4n) is 1.93. The molecule has 1 N–H and O–H groups in total. The molecule has 0 spiro atoms. The molecule has 3 nitrogen and oxygen atoms in total. The minimum atomic E-state index is 0.208. The van der Waals surface area contributed by atoms with Gasteiger partial charge in [-0.25, -0.2) is 0 Å². The lowest BCUT2D eigenvalue weighted by Gasteiger charge is -2.14. The summed E-state index contributed by atoms with van der Waals surface area (Å²) in [5.41, 5.74) is 1.32. The Kier molecular flexibility index (Phi) is 7.70. The van der Waals surface area contributed by atoms with Gasteiger partial charge in [0.1, 0.15) is 0 Å². The summed E-state index contributed by atoms with van der Waals surface area (Å²) < 4.78 is 0. The third-order valence-electron chi connectivity index (χ3n) is 3.17. The molecule has 0 aliphatic carbocycles. The van der Waals surface area contributed by atoms with E-state index in [-0.39, 0.29) is 5.91 Å². The van der Waals surface area contributed by atoms with E-state index in [0.29, 0.717) is 12.5 Å². The molecule has 1 unspecified atom stereocenters. The number of benzene rings is 1. The van der Waals surface area contributed by atoms with E-state index < -0.39 is 0 Å². The maximum Gasteiger partial charge on any atom is 0.222 e. The largest absolute Gasteiger partial charge is 0.349 e. The molecule has 0 bridgehead atoms. The zero-order valence-corrected chi connectivity index (χ0v) is 13.8. The number of carbonyl (C=O) groups is 1. The number of thioether (sulfide) groups is 1. The van der Waals surface area contributed by atoms with E-state index in [1.165, 1.54) is 10.5 Å². The van der Waals surface area contributed by atoms with Gasteiger partial charge in [-0.3, -0.25) is 4.79 Å². The van der Waals surface area contributed by atoms with Crippen LogP contribution in [0.2, 0.25) is 0 Å². The summed E-state index contributed by atoms with van der Waals surface area (Å²) in [6.07, 6.45) is 1.56. The van der Waals surface area contributed by atoms with Gasteiger partial charge in [0.05, 0.1) is 0 Å². The summed E-state index contributed by atoms with van der Waals surface area (Å²) in [5.74, 6) is 1.19. The van der Waals surface area contributed by atoms with Gasteiger partial charge in [0.2, 0.25) is 5.91 Å². The molecule has 1 rings (SSSR count). The normalized spacial score (nSPS) is 12.2. The van der Waals surface area contributed by atoms with Gasteiger partial charge in [0.25, 0.3) is 0 Å². The molecule has 0 aliphatic rings. The van der Waals surface area contributed by atoms with Gasteiger partial charge in [0, 0.05) is 31.5 Å². The standard InChI is InChI=1S/C16H26N2OS/c1-5-17-13(2)14-8-6-9-15(12-14)20-11-7-10-16(19)18(3)4/h6,8-9,12-13,17H,5,7,10-11H2,1-4H3. The van der Waals surface area contributed by atoms with Crippen LogP contribution in [0.25, 0.3) is 0 Å². The van der Waals surface area contributed by atoms with E-state index >= 15 is 0 Å². The van der Waals surface area contributed by atoms with E-state index in [1.807, 2.05) is 11.8 Å². The Bertz CT molecular complexity index is 421. The van der Waals surface area contributed by atoms with Crippen molar-refractivity contribution in [3.05, 3.63) is 29.8 Å². The van der Waals surface area contributed by atoms with Crippen LogP contribution in [0.5, 0.6) is 0 Å². The molecule has 0 saturated heterocycles. The summed E-state index contributed by atoms with van der Waals surface area (Å²) >= 11 is 1.83. The van der Waals surface area contributed by atoms with Crippen molar-refractivity contribution >= 4 is 17.7 Å². The minimum Gasteiger partial charge on any atom is -0.349 e. The molecule has 1 atom stereocenters. The highest BCUT2D eigenvalue weighted by Gasteiger charge is 2.06. The lowest BCUT2D eigenvalue weighted by molar-refractivity contribution is -0.128. The second-order valence-electron chi connectivity index (χ2n) is 5.09. The number of amides is 1. The topological polar surface area (TPSA) is 32.3 Å². The molecule has 1 aromatic rings. The van der Waals surface area contributed by atoms with Gasteiger partial charge in [-0.2, -0.15) is 0 Å².